The van der Waals surface area contributed by atoms with E-state index in [0.717, 1.165) is 18.7 Å². The summed E-state index contributed by atoms with van der Waals surface area (Å²) < 4.78 is 33.0. The lowest BCUT2D eigenvalue weighted by Crippen LogP contribution is -2.34. The highest BCUT2D eigenvalue weighted by atomic mass is 32.2. The predicted molar refractivity (Wildman–Crippen MR) is 102 cm³/mol. The molecule has 7 heteroatoms. The molecule has 0 unspecified atom stereocenters. The van der Waals surface area contributed by atoms with Crippen molar-refractivity contribution in [2.75, 3.05) is 18.0 Å². The Kier molecular flexibility index (Phi) is 5.39. The van der Waals surface area contributed by atoms with Gasteiger partial charge in [-0.1, -0.05) is 24.2 Å². The molecule has 0 bridgehead atoms. The van der Waals surface area contributed by atoms with Crippen LogP contribution >= 0.6 is 0 Å². The molecule has 2 aromatic rings. The van der Waals surface area contributed by atoms with Crippen molar-refractivity contribution in [1.82, 2.24) is 9.88 Å². The van der Waals surface area contributed by atoms with Gasteiger partial charge in [-0.25, -0.2) is 13.1 Å². The summed E-state index contributed by atoms with van der Waals surface area (Å²) in [5.41, 5.74) is 2.49. The number of piperidine rings is 1. The molecule has 1 N–H and O–H groups in total. The lowest BCUT2D eigenvalue weighted by atomic mass is 9.99. The predicted octanol–water partition coefficient (Wildman–Crippen LogP) is 3.57. The zero-order valence-corrected chi connectivity index (χ0v) is 16.6. The fourth-order valence-electron chi connectivity index (χ4n) is 3.62. The molecule has 0 spiro atoms. The number of aryl methyl sites for hydroxylation is 2. The molecule has 0 amide bonds. The van der Waals surface area contributed by atoms with E-state index in [-0.39, 0.29) is 10.9 Å². The van der Waals surface area contributed by atoms with Gasteiger partial charge in [0.05, 0.1) is 0 Å². The Labute approximate surface area is 155 Å². The molecule has 1 aliphatic heterocycles. The van der Waals surface area contributed by atoms with Crippen molar-refractivity contribution in [1.29, 1.82) is 0 Å². The Bertz CT molecular complexity index is 839. The molecule has 1 aromatic heterocycles. The standard InChI is InChI=1S/C19H27N3O3S/c1-13-6-5-11-22(12-13)18-9-7-17(8-10-18)14(2)21-26(23,24)19-15(3)20-25-16(19)4/h7-10,13-14,21H,5-6,11-12H2,1-4H3/t13-,14+/m0/s1. The van der Waals surface area contributed by atoms with E-state index < -0.39 is 10.0 Å². The Hall–Kier alpha value is -1.86. The summed E-state index contributed by atoms with van der Waals surface area (Å²) in [7, 11) is -3.68. The average Bonchev–Trinajstić information content (AvgIpc) is 2.94. The van der Waals surface area contributed by atoms with Crippen LogP contribution < -0.4 is 9.62 Å². The molecule has 142 valence electrons. The van der Waals surface area contributed by atoms with E-state index in [4.69, 9.17) is 4.52 Å². The van der Waals surface area contributed by atoms with Gasteiger partial charge >= 0.3 is 0 Å². The van der Waals surface area contributed by atoms with Crippen molar-refractivity contribution >= 4 is 15.7 Å². The number of rotatable bonds is 5. The molecule has 3 rings (SSSR count). The van der Waals surface area contributed by atoms with Crippen LogP contribution in [-0.2, 0) is 10.0 Å². The summed E-state index contributed by atoms with van der Waals surface area (Å²) >= 11 is 0. The van der Waals surface area contributed by atoms with Crippen molar-refractivity contribution in [2.24, 2.45) is 5.92 Å². The van der Waals surface area contributed by atoms with Crippen molar-refractivity contribution in [3.05, 3.63) is 41.3 Å². The van der Waals surface area contributed by atoms with Gasteiger partial charge in [0.25, 0.3) is 0 Å². The van der Waals surface area contributed by atoms with Crippen molar-refractivity contribution in [3.63, 3.8) is 0 Å². The maximum Gasteiger partial charge on any atom is 0.246 e. The first-order chi connectivity index (χ1) is 12.3. The van der Waals surface area contributed by atoms with Crippen molar-refractivity contribution < 1.29 is 12.9 Å². The first kappa shape index (κ1) is 18.9. The van der Waals surface area contributed by atoms with Gasteiger partial charge in [-0.15, -0.1) is 0 Å². The van der Waals surface area contributed by atoms with Crippen LogP contribution in [0.15, 0.2) is 33.7 Å². The molecule has 2 atom stereocenters. The highest BCUT2D eigenvalue weighted by molar-refractivity contribution is 7.89. The minimum Gasteiger partial charge on any atom is -0.371 e. The Morgan fingerprint density at radius 3 is 2.54 bits per heavy atom. The molecule has 0 radical (unpaired) electrons. The highest BCUT2D eigenvalue weighted by Crippen LogP contribution is 2.26. The second-order valence-corrected chi connectivity index (χ2v) is 8.93. The summed E-state index contributed by atoms with van der Waals surface area (Å²) in [5, 5.41) is 3.73. The minimum atomic E-state index is -3.68. The van der Waals surface area contributed by atoms with Crippen LogP contribution in [-0.4, -0.2) is 26.7 Å². The van der Waals surface area contributed by atoms with Crippen LogP contribution in [0, 0.1) is 19.8 Å². The Morgan fingerprint density at radius 1 is 1.27 bits per heavy atom. The van der Waals surface area contributed by atoms with E-state index in [1.165, 1.54) is 18.5 Å². The molecular weight excluding hydrogens is 350 g/mol. The quantitative estimate of drug-likeness (QED) is 0.862. The topological polar surface area (TPSA) is 75.4 Å². The number of benzene rings is 1. The fraction of sp³-hybridized carbons (Fsp3) is 0.526. The summed E-state index contributed by atoms with van der Waals surface area (Å²) in [5.74, 6) is 1.01. The van der Waals surface area contributed by atoms with E-state index in [2.05, 4.69) is 33.8 Å². The molecule has 0 saturated carbocycles. The summed E-state index contributed by atoms with van der Waals surface area (Å²) in [4.78, 5) is 2.53. The Balaban J connectivity index is 1.73. The van der Waals surface area contributed by atoms with Gasteiger partial charge in [0.1, 0.15) is 10.6 Å². The van der Waals surface area contributed by atoms with Gasteiger partial charge in [0.15, 0.2) is 5.76 Å². The number of nitrogens with zero attached hydrogens (tertiary/aromatic N) is 2. The molecule has 2 heterocycles. The highest BCUT2D eigenvalue weighted by Gasteiger charge is 2.26. The first-order valence-corrected chi connectivity index (χ1v) is 10.6. The molecule has 1 aromatic carbocycles. The fourth-order valence-corrected chi connectivity index (χ4v) is 5.18. The zero-order chi connectivity index (χ0) is 18.9. The molecule has 1 saturated heterocycles. The summed E-state index contributed by atoms with van der Waals surface area (Å²) in [6, 6.07) is 7.80. The van der Waals surface area contributed by atoms with Crippen LogP contribution in [0.5, 0.6) is 0 Å². The van der Waals surface area contributed by atoms with Crippen molar-refractivity contribution in [2.45, 2.75) is 51.5 Å². The number of hydrogen-bond donors (Lipinski definition) is 1. The lowest BCUT2D eigenvalue weighted by Gasteiger charge is -2.33. The largest absolute Gasteiger partial charge is 0.371 e. The first-order valence-electron chi connectivity index (χ1n) is 9.08. The van der Waals surface area contributed by atoms with Gasteiger partial charge in [0.2, 0.25) is 10.0 Å². The van der Waals surface area contributed by atoms with Crippen LogP contribution in [0.1, 0.15) is 49.7 Å². The Morgan fingerprint density at radius 2 is 1.96 bits per heavy atom. The number of sulfonamides is 1. The zero-order valence-electron chi connectivity index (χ0n) is 15.8. The number of anilines is 1. The van der Waals surface area contributed by atoms with E-state index in [1.54, 1.807) is 13.8 Å². The maximum atomic E-state index is 12.6. The number of hydrogen-bond acceptors (Lipinski definition) is 5. The van der Waals surface area contributed by atoms with Crippen LogP contribution in [0.3, 0.4) is 0 Å². The SMILES string of the molecule is Cc1noc(C)c1S(=O)(=O)N[C@H](C)c1ccc(N2CCC[C@H](C)C2)cc1. The number of nitrogens with one attached hydrogen (secondary N) is 1. The maximum absolute atomic E-state index is 12.6. The third kappa shape index (κ3) is 3.94. The molecule has 1 aliphatic rings. The monoisotopic (exact) mass is 377 g/mol. The van der Waals surface area contributed by atoms with Crippen LogP contribution in [0.25, 0.3) is 0 Å². The molecular formula is C19H27N3O3S. The normalized spacial score (nSPS) is 19.5. The second-order valence-electron chi connectivity index (χ2n) is 7.28. The van der Waals surface area contributed by atoms with Gasteiger partial charge in [-0.05, 0) is 57.2 Å². The minimum absolute atomic E-state index is 0.128. The number of aromatic nitrogens is 1. The lowest BCUT2D eigenvalue weighted by molar-refractivity contribution is 0.390. The van der Waals surface area contributed by atoms with Gasteiger partial charge < -0.3 is 9.42 Å². The van der Waals surface area contributed by atoms with E-state index in [1.807, 2.05) is 19.1 Å². The third-order valence-electron chi connectivity index (χ3n) is 4.98. The van der Waals surface area contributed by atoms with Crippen LogP contribution in [0.2, 0.25) is 0 Å². The third-order valence-corrected chi connectivity index (χ3v) is 6.77. The van der Waals surface area contributed by atoms with E-state index in [0.29, 0.717) is 17.4 Å². The smallest absolute Gasteiger partial charge is 0.246 e. The van der Waals surface area contributed by atoms with Crippen molar-refractivity contribution in [3.8, 4) is 0 Å². The average molecular weight is 378 g/mol. The second kappa shape index (κ2) is 7.40. The van der Waals surface area contributed by atoms with Gasteiger partial charge in [-0.3, -0.25) is 0 Å². The molecule has 1 fully saturated rings. The summed E-state index contributed by atoms with van der Waals surface area (Å²) in [6.07, 6.45) is 2.51. The van der Waals surface area contributed by atoms with Gasteiger partial charge in [-0.2, -0.15) is 0 Å². The molecule has 6 nitrogen and oxygen atoms in total. The molecule has 26 heavy (non-hydrogen) atoms. The van der Waals surface area contributed by atoms with Crippen LogP contribution in [0.4, 0.5) is 5.69 Å². The van der Waals surface area contributed by atoms with E-state index in [9.17, 15) is 8.42 Å². The molecule has 0 aliphatic carbocycles. The van der Waals surface area contributed by atoms with E-state index >= 15 is 0 Å². The van der Waals surface area contributed by atoms with Gasteiger partial charge in [0, 0.05) is 24.8 Å². The summed E-state index contributed by atoms with van der Waals surface area (Å²) in [6.45, 7) is 9.52.